The zero-order valence-electron chi connectivity index (χ0n) is 13.3. The van der Waals surface area contributed by atoms with Crippen molar-refractivity contribution in [2.45, 2.75) is 6.10 Å². The number of nitrogens with one attached hydrogen (secondary N) is 1. The first-order valence-corrected chi connectivity index (χ1v) is 7.86. The Hall–Kier alpha value is -2.37. The van der Waals surface area contributed by atoms with Crippen molar-refractivity contribution in [2.75, 3.05) is 20.1 Å². The Balaban J connectivity index is 1.82. The van der Waals surface area contributed by atoms with Crippen molar-refractivity contribution in [3.63, 3.8) is 0 Å². The van der Waals surface area contributed by atoms with Gasteiger partial charge in [-0.2, -0.15) is 0 Å². The monoisotopic (exact) mass is 346 g/mol. The van der Waals surface area contributed by atoms with Crippen LogP contribution in [0.4, 0.5) is 0 Å². The van der Waals surface area contributed by atoms with Crippen molar-refractivity contribution >= 4 is 23.4 Å². The molecule has 0 aliphatic carbocycles. The first-order chi connectivity index (χ1) is 11.5. The van der Waals surface area contributed by atoms with E-state index in [1.54, 1.807) is 55.6 Å². The zero-order chi connectivity index (χ0) is 17.5. The van der Waals surface area contributed by atoms with Crippen molar-refractivity contribution in [3.05, 3.63) is 70.7 Å². The molecule has 0 saturated carbocycles. The number of aliphatic hydroxyl groups excluding tert-OH is 1. The Morgan fingerprint density at radius 2 is 1.75 bits per heavy atom. The quantitative estimate of drug-likeness (QED) is 0.843. The lowest BCUT2D eigenvalue weighted by molar-refractivity contribution is -0.122. The topological polar surface area (TPSA) is 69.6 Å². The van der Waals surface area contributed by atoms with Crippen LogP contribution in [0.5, 0.6) is 0 Å². The van der Waals surface area contributed by atoms with E-state index in [9.17, 15) is 14.7 Å². The third-order valence-electron chi connectivity index (χ3n) is 3.50. The molecule has 5 nitrogen and oxygen atoms in total. The molecule has 126 valence electrons. The Labute approximate surface area is 145 Å². The fourth-order valence-electron chi connectivity index (χ4n) is 2.16. The van der Waals surface area contributed by atoms with Gasteiger partial charge in [0.25, 0.3) is 5.91 Å². The lowest BCUT2D eigenvalue weighted by atomic mass is 10.1. The van der Waals surface area contributed by atoms with E-state index in [-0.39, 0.29) is 24.9 Å². The van der Waals surface area contributed by atoms with E-state index >= 15 is 0 Å². The standard InChI is InChI=1S/C18H19ClN2O3/c1-21(18(24)14-5-3-2-4-6-14)12-17(23)20-11-16(22)13-7-9-15(19)10-8-13/h2-10,16,22H,11-12H2,1H3,(H,20,23). The molecule has 6 heteroatoms. The normalized spacial score (nSPS) is 11.6. The van der Waals surface area contributed by atoms with Crippen LogP contribution < -0.4 is 5.32 Å². The van der Waals surface area contributed by atoms with Gasteiger partial charge in [0.05, 0.1) is 12.6 Å². The second-order valence-electron chi connectivity index (χ2n) is 5.40. The smallest absolute Gasteiger partial charge is 0.254 e. The van der Waals surface area contributed by atoms with Crippen molar-refractivity contribution in [2.24, 2.45) is 0 Å². The van der Waals surface area contributed by atoms with Gasteiger partial charge in [0.15, 0.2) is 0 Å². The van der Waals surface area contributed by atoms with Gasteiger partial charge in [-0.25, -0.2) is 0 Å². The number of carbonyl (C=O) groups is 2. The van der Waals surface area contributed by atoms with Crippen LogP contribution in [0.2, 0.25) is 5.02 Å². The molecule has 2 aromatic carbocycles. The van der Waals surface area contributed by atoms with Crippen LogP contribution in [0.15, 0.2) is 54.6 Å². The highest BCUT2D eigenvalue weighted by atomic mass is 35.5. The van der Waals surface area contributed by atoms with Gasteiger partial charge in [0.2, 0.25) is 5.91 Å². The van der Waals surface area contributed by atoms with Crippen molar-refractivity contribution < 1.29 is 14.7 Å². The molecule has 2 amide bonds. The highest BCUT2D eigenvalue weighted by Gasteiger charge is 2.15. The van der Waals surface area contributed by atoms with Crippen LogP contribution in [0.1, 0.15) is 22.0 Å². The lowest BCUT2D eigenvalue weighted by Crippen LogP contribution is -2.39. The fraction of sp³-hybridized carbons (Fsp3) is 0.222. The van der Waals surface area contributed by atoms with E-state index in [2.05, 4.69) is 5.32 Å². The molecule has 24 heavy (non-hydrogen) atoms. The molecule has 0 saturated heterocycles. The van der Waals surface area contributed by atoms with Gasteiger partial charge >= 0.3 is 0 Å². The largest absolute Gasteiger partial charge is 0.387 e. The summed E-state index contributed by atoms with van der Waals surface area (Å²) in [6.45, 7) is -0.0189. The predicted molar refractivity (Wildman–Crippen MR) is 92.8 cm³/mol. The number of hydrogen-bond donors (Lipinski definition) is 2. The van der Waals surface area contributed by atoms with Gasteiger partial charge in [-0.1, -0.05) is 41.9 Å². The van der Waals surface area contributed by atoms with Gasteiger partial charge in [0.1, 0.15) is 0 Å². The van der Waals surface area contributed by atoms with Crippen LogP contribution in [-0.2, 0) is 4.79 Å². The van der Waals surface area contributed by atoms with Crippen LogP contribution in [0, 0.1) is 0 Å². The number of likely N-dealkylation sites (N-methyl/N-ethyl adjacent to an activating group) is 1. The minimum Gasteiger partial charge on any atom is -0.387 e. The molecule has 0 bridgehead atoms. The van der Waals surface area contributed by atoms with Gasteiger partial charge in [-0.3, -0.25) is 9.59 Å². The van der Waals surface area contributed by atoms with Crippen molar-refractivity contribution in [1.82, 2.24) is 10.2 Å². The van der Waals surface area contributed by atoms with Gasteiger partial charge in [-0.15, -0.1) is 0 Å². The predicted octanol–water partition coefficient (Wildman–Crippen LogP) is 2.26. The second-order valence-corrected chi connectivity index (χ2v) is 5.84. The average molecular weight is 347 g/mol. The maximum atomic E-state index is 12.2. The number of halogens is 1. The maximum absolute atomic E-state index is 12.2. The zero-order valence-corrected chi connectivity index (χ0v) is 14.0. The van der Waals surface area contributed by atoms with E-state index in [0.717, 1.165) is 0 Å². The lowest BCUT2D eigenvalue weighted by Gasteiger charge is -2.18. The van der Waals surface area contributed by atoms with Crippen molar-refractivity contribution in [3.8, 4) is 0 Å². The van der Waals surface area contributed by atoms with E-state index < -0.39 is 6.10 Å². The summed E-state index contributed by atoms with van der Waals surface area (Å²) in [4.78, 5) is 25.4. The van der Waals surface area contributed by atoms with Crippen LogP contribution >= 0.6 is 11.6 Å². The maximum Gasteiger partial charge on any atom is 0.254 e. The van der Waals surface area contributed by atoms with Crippen LogP contribution in [-0.4, -0.2) is 42.0 Å². The first-order valence-electron chi connectivity index (χ1n) is 7.48. The Kier molecular flexibility index (Phi) is 6.35. The summed E-state index contributed by atoms with van der Waals surface area (Å²) >= 11 is 5.79. The SMILES string of the molecule is CN(CC(=O)NCC(O)c1ccc(Cl)cc1)C(=O)c1ccccc1. The third kappa shape index (κ3) is 5.08. The Morgan fingerprint density at radius 3 is 2.38 bits per heavy atom. The minimum absolute atomic E-state index is 0.0633. The summed E-state index contributed by atoms with van der Waals surface area (Å²) in [6.07, 6.45) is -0.832. The summed E-state index contributed by atoms with van der Waals surface area (Å²) < 4.78 is 0. The second kappa shape index (κ2) is 8.47. The highest BCUT2D eigenvalue weighted by molar-refractivity contribution is 6.30. The molecule has 2 N–H and O–H groups in total. The molecule has 2 aromatic rings. The fourth-order valence-corrected chi connectivity index (χ4v) is 2.28. The number of benzene rings is 2. The summed E-state index contributed by atoms with van der Waals surface area (Å²) in [7, 11) is 1.56. The molecule has 0 aromatic heterocycles. The number of amides is 2. The molecule has 1 atom stereocenters. The molecule has 2 rings (SSSR count). The number of rotatable bonds is 6. The van der Waals surface area contributed by atoms with E-state index in [0.29, 0.717) is 16.1 Å². The molecular formula is C18H19ClN2O3. The Bertz CT molecular complexity index is 689. The molecule has 0 aliphatic rings. The van der Waals surface area contributed by atoms with E-state index in [1.165, 1.54) is 4.90 Å². The van der Waals surface area contributed by atoms with Gasteiger partial charge < -0.3 is 15.3 Å². The number of carbonyl (C=O) groups excluding carboxylic acids is 2. The number of nitrogens with zero attached hydrogens (tertiary/aromatic N) is 1. The van der Waals surface area contributed by atoms with Crippen molar-refractivity contribution in [1.29, 1.82) is 0 Å². The molecule has 0 radical (unpaired) electrons. The van der Waals surface area contributed by atoms with E-state index in [1.807, 2.05) is 6.07 Å². The third-order valence-corrected chi connectivity index (χ3v) is 3.75. The molecular weight excluding hydrogens is 328 g/mol. The number of aliphatic hydroxyl groups is 1. The van der Waals surface area contributed by atoms with Gasteiger partial charge in [0, 0.05) is 24.2 Å². The summed E-state index contributed by atoms with van der Waals surface area (Å²) in [5, 5.41) is 13.2. The van der Waals surface area contributed by atoms with E-state index in [4.69, 9.17) is 11.6 Å². The molecule has 0 heterocycles. The first kappa shape index (κ1) is 18.0. The summed E-state index contributed by atoms with van der Waals surface area (Å²) in [6, 6.07) is 15.5. The van der Waals surface area contributed by atoms with Gasteiger partial charge in [-0.05, 0) is 29.8 Å². The average Bonchev–Trinajstić information content (AvgIpc) is 2.60. The molecule has 0 spiro atoms. The number of hydrogen-bond acceptors (Lipinski definition) is 3. The Morgan fingerprint density at radius 1 is 1.12 bits per heavy atom. The molecule has 1 unspecified atom stereocenters. The van der Waals surface area contributed by atoms with Crippen LogP contribution in [0.3, 0.4) is 0 Å². The summed E-state index contributed by atoms with van der Waals surface area (Å²) in [5.74, 6) is -0.571. The molecule has 0 aliphatic heterocycles. The summed E-state index contributed by atoms with van der Waals surface area (Å²) in [5.41, 5.74) is 1.18. The highest BCUT2D eigenvalue weighted by Crippen LogP contribution is 2.15. The van der Waals surface area contributed by atoms with Crippen LogP contribution in [0.25, 0.3) is 0 Å². The molecule has 0 fully saturated rings. The minimum atomic E-state index is -0.832.